The van der Waals surface area contributed by atoms with Gasteiger partial charge in [0.2, 0.25) is 11.6 Å². The summed E-state index contributed by atoms with van der Waals surface area (Å²) in [5.74, 6) is -11.6. The Morgan fingerprint density at radius 3 is 2.24 bits per heavy atom. The number of benzene rings is 2. The van der Waals surface area contributed by atoms with E-state index >= 15 is 0 Å². The van der Waals surface area contributed by atoms with Crippen molar-refractivity contribution in [2.75, 3.05) is 6.61 Å². The van der Waals surface area contributed by atoms with Gasteiger partial charge in [0.15, 0.2) is 18.2 Å². The highest BCUT2D eigenvalue weighted by molar-refractivity contribution is 9.13. The van der Waals surface area contributed by atoms with Crippen molar-refractivity contribution in [1.29, 1.82) is 0 Å². The van der Waals surface area contributed by atoms with Gasteiger partial charge in [-0.05, 0) is 50.9 Å². The monoisotopic (exact) mass is 601 g/mol. The zero-order valence-corrected chi connectivity index (χ0v) is 18.8. The van der Waals surface area contributed by atoms with Crippen molar-refractivity contribution in [3.63, 3.8) is 0 Å². The van der Waals surface area contributed by atoms with Gasteiger partial charge < -0.3 is 19.4 Å². The van der Waals surface area contributed by atoms with E-state index < -0.39 is 58.8 Å². The molecule has 0 radical (unpaired) electrons. The Morgan fingerprint density at radius 2 is 1.66 bits per heavy atom. The lowest BCUT2D eigenvalue weighted by atomic mass is 10.1. The molecule has 0 bridgehead atoms. The predicted molar refractivity (Wildman–Crippen MR) is 101 cm³/mol. The number of aromatic carboxylic acids is 1. The lowest BCUT2D eigenvalue weighted by Gasteiger charge is -2.14. The second-order valence-electron chi connectivity index (χ2n) is 5.36. The third-order valence-corrected chi connectivity index (χ3v) is 5.94. The molecule has 154 valence electrons. The molecule has 0 aliphatic heterocycles. The van der Waals surface area contributed by atoms with Gasteiger partial charge in [0, 0.05) is 24.5 Å². The Kier molecular flexibility index (Phi) is 7.46. The molecule has 12 heteroatoms. The van der Waals surface area contributed by atoms with Crippen LogP contribution in [-0.2, 0) is 9.53 Å². The lowest BCUT2D eigenvalue weighted by Crippen LogP contribution is -2.27. The molecule has 0 spiro atoms. The molecule has 0 N–H and O–H groups in total. The summed E-state index contributed by atoms with van der Waals surface area (Å²) in [6.07, 6.45) is 0. The Hall–Kier alpha value is -1.92. The van der Waals surface area contributed by atoms with E-state index in [1.165, 1.54) is 6.07 Å². The van der Waals surface area contributed by atoms with Crippen LogP contribution in [0.4, 0.5) is 13.2 Å². The standard InChI is InChI=1S/C17H8Br3F3O6/c1-5-10(16(25)26)13(22)14(23)15(12(5)21)29-9(24)4-28-17(27)7-2-6(18)3-8(19)11(7)20/h2-3H,4H2,1H3,(H,25,26)/p-1. The zero-order valence-electron chi connectivity index (χ0n) is 14.1. The van der Waals surface area contributed by atoms with Crippen molar-refractivity contribution < 1.29 is 42.1 Å². The van der Waals surface area contributed by atoms with Crippen molar-refractivity contribution in [2.24, 2.45) is 0 Å². The first-order valence-corrected chi connectivity index (χ1v) is 9.74. The fraction of sp³-hybridized carbons (Fsp3) is 0.118. The molecule has 0 unspecified atom stereocenters. The van der Waals surface area contributed by atoms with E-state index in [4.69, 9.17) is 4.74 Å². The van der Waals surface area contributed by atoms with Crippen LogP contribution in [-0.4, -0.2) is 24.5 Å². The lowest BCUT2D eigenvalue weighted by molar-refractivity contribution is -0.255. The van der Waals surface area contributed by atoms with Crippen LogP contribution < -0.4 is 9.84 Å². The maximum Gasteiger partial charge on any atom is 0.349 e. The van der Waals surface area contributed by atoms with Crippen LogP contribution in [0.2, 0.25) is 0 Å². The Balaban J connectivity index is 2.19. The molecule has 29 heavy (non-hydrogen) atoms. The maximum absolute atomic E-state index is 14.1. The molecule has 0 aliphatic carbocycles. The van der Waals surface area contributed by atoms with E-state index in [-0.39, 0.29) is 5.56 Å². The van der Waals surface area contributed by atoms with Gasteiger partial charge in [0.1, 0.15) is 0 Å². The molecule has 2 aromatic rings. The van der Waals surface area contributed by atoms with Gasteiger partial charge in [0.25, 0.3) is 0 Å². The van der Waals surface area contributed by atoms with Crippen LogP contribution in [0, 0.1) is 24.4 Å². The number of carbonyl (C=O) groups is 3. The van der Waals surface area contributed by atoms with E-state index in [2.05, 4.69) is 52.5 Å². The third-order valence-electron chi connectivity index (χ3n) is 3.47. The minimum atomic E-state index is -2.14. The predicted octanol–water partition coefficient (Wildman–Crippen LogP) is 3.83. The normalized spacial score (nSPS) is 10.6. The van der Waals surface area contributed by atoms with E-state index in [1.54, 1.807) is 6.07 Å². The highest BCUT2D eigenvalue weighted by Gasteiger charge is 2.27. The maximum atomic E-state index is 14.1. The Bertz CT molecular complexity index is 1010. The molecule has 0 atom stereocenters. The number of rotatable bonds is 5. The van der Waals surface area contributed by atoms with Gasteiger partial charge in [-0.1, -0.05) is 15.9 Å². The smallest absolute Gasteiger partial charge is 0.349 e. The van der Waals surface area contributed by atoms with Gasteiger partial charge in [-0.15, -0.1) is 0 Å². The number of hydrogen-bond acceptors (Lipinski definition) is 6. The number of carboxylic acid groups (broad SMARTS) is 1. The summed E-state index contributed by atoms with van der Waals surface area (Å²) >= 11 is 9.51. The Labute approximate surface area is 186 Å². The molecule has 2 aromatic carbocycles. The molecule has 0 heterocycles. The van der Waals surface area contributed by atoms with Gasteiger partial charge in [-0.25, -0.2) is 18.4 Å². The van der Waals surface area contributed by atoms with Crippen LogP contribution in [0.15, 0.2) is 25.6 Å². The largest absolute Gasteiger partial charge is 0.545 e. The van der Waals surface area contributed by atoms with E-state index in [0.29, 0.717) is 13.4 Å². The summed E-state index contributed by atoms with van der Waals surface area (Å²) in [6, 6.07) is 3.02. The molecule has 0 saturated carbocycles. The van der Waals surface area contributed by atoms with Crippen LogP contribution in [0.5, 0.6) is 5.75 Å². The summed E-state index contributed by atoms with van der Waals surface area (Å²) in [5.41, 5.74) is -2.14. The minimum absolute atomic E-state index is 0.0246. The van der Waals surface area contributed by atoms with Crippen molar-refractivity contribution in [3.05, 3.63) is 59.7 Å². The third kappa shape index (κ3) is 4.98. The summed E-state index contributed by atoms with van der Waals surface area (Å²) in [4.78, 5) is 34.7. The average Bonchev–Trinajstić information content (AvgIpc) is 2.64. The second-order valence-corrected chi connectivity index (χ2v) is 7.92. The molecule has 0 saturated heterocycles. The van der Waals surface area contributed by atoms with Gasteiger partial charge in [0.05, 0.1) is 11.5 Å². The first-order chi connectivity index (χ1) is 13.5. The molecule has 6 nitrogen and oxygen atoms in total. The first kappa shape index (κ1) is 23.4. The van der Waals surface area contributed by atoms with Crippen molar-refractivity contribution in [3.8, 4) is 5.75 Å². The van der Waals surface area contributed by atoms with E-state index in [1.807, 2.05) is 0 Å². The number of halogens is 6. The average molecular weight is 604 g/mol. The molecule has 0 fully saturated rings. The molecule has 0 aromatic heterocycles. The highest BCUT2D eigenvalue weighted by Crippen LogP contribution is 2.32. The highest BCUT2D eigenvalue weighted by atomic mass is 79.9. The van der Waals surface area contributed by atoms with Crippen molar-refractivity contribution in [1.82, 2.24) is 0 Å². The van der Waals surface area contributed by atoms with E-state index in [0.717, 1.165) is 6.92 Å². The van der Waals surface area contributed by atoms with Crippen LogP contribution in [0.3, 0.4) is 0 Å². The zero-order chi connectivity index (χ0) is 22.0. The van der Waals surface area contributed by atoms with Gasteiger partial charge in [-0.2, -0.15) is 4.39 Å². The van der Waals surface area contributed by atoms with Gasteiger partial charge >= 0.3 is 11.9 Å². The fourth-order valence-electron chi connectivity index (χ4n) is 2.13. The van der Waals surface area contributed by atoms with E-state index in [9.17, 15) is 32.7 Å². The van der Waals surface area contributed by atoms with Crippen molar-refractivity contribution >= 4 is 65.7 Å². The number of hydrogen-bond donors (Lipinski definition) is 0. The first-order valence-electron chi connectivity index (χ1n) is 7.36. The number of ether oxygens (including phenoxy) is 2. The van der Waals surface area contributed by atoms with Crippen molar-refractivity contribution in [2.45, 2.75) is 6.92 Å². The SMILES string of the molecule is Cc1c(F)c(OC(=O)COC(=O)c2cc(Br)cc(Br)c2Br)c(F)c(F)c1C(=O)[O-]. The number of carbonyl (C=O) groups excluding carboxylic acids is 3. The van der Waals surface area contributed by atoms with Crippen LogP contribution in [0.1, 0.15) is 26.3 Å². The Morgan fingerprint density at radius 1 is 1.03 bits per heavy atom. The fourth-order valence-corrected chi connectivity index (χ4v) is 3.75. The quantitative estimate of drug-likeness (QED) is 0.293. The molecule has 0 aliphatic rings. The van der Waals surface area contributed by atoms with Crippen LogP contribution >= 0.6 is 47.8 Å². The second kappa shape index (κ2) is 9.26. The topological polar surface area (TPSA) is 92.7 Å². The summed E-state index contributed by atoms with van der Waals surface area (Å²) in [7, 11) is 0. The molecular formula is C17H7Br3F3O6-. The minimum Gasteiger partial charge on any atom is -0.545 e. The summed E-state index contributed by atoms with van der Waals surface area (Å²) in [5, 5.41) is 10.8. The summed E-state index contributed by atoms with van der Waals surface area (Å²) in [6.45, 7) is -0.222. The number of esters is 2. The molecule has 2 rings (SSSR count). The summed E-state index contributed by atoms with van der Waals surface area (Å²) < 4.78 is 52.3. The molecular weight excluding hydrogens is 597 g/mol. The van der Waals surface area contributed by atoms with Gasteiger partial charge in [-0.3, -0.25) is 0 Å². The number of carboxylic acids is 1. The molecule has 0 amide bonds. The van der Waals surface area contributed by atoms with Crippen LogP contribution in [0.25, 0.3) is 0 Å².